The minimum atomic E-state index is 0.000794. The highest BCUT2D eigenvalue weighted by Gasteiger charge is 2.04. The summed E-state index contributed by atoms with van der Waals surface area (Å²) in [4.78, 5) is 12.3. The number of pyridine rings is 1. The van der Waals surface area contributed by atoms with E-state index in [0.29, 0.717) is 21.9 Å². The zero-order chi connectivity index (χ0) is 15.0. The molecule has 2 aromatic rings. The van der Waals surface area contributed by atoms with Crippen LogP contribution in [0.15, 0.2) is 29.6 Å². The van der Waals surface area contributed by atoms with Crippen molar-refractivity contribution in [2.24, 2.45) is 0 Å². The Labute approximate surface area is 127 Å². The molecule has 0 saturated carbocycles. The maximum Gasteiger partial charge on any atom is 0.191 e. The summed E-state index contributed by atoms with van der Waals surface area (Å²) in [5.74, 6) is 0.933. The molecule has 0 amide bonds. The molecular formula is C13H17ClN4OS. The lowest BCUT2D eigenvalue weighted by Gasteiger charge is -2.03. The average Bonchev–Trinajstić information content (AvgIpc) is 2.46. The highest BCUT2D eigenvalue weighted by Crippen LogP contribution is 2.21. The van der Waals surface area contributed by atoms with Crippen LogP contribution < -0.4 is 5.73 Å². The van der Waals surface area contributed by atoms with Gasteiger partial charge in [-0.05, 0) is 17.7 Å². The Kier molecular flexibility index (Phi) is 7.28. The second-order valence-electron chi connectivity index (χ2n) is 3.50. The van der Waals surface area contributed by atoms with Gasteiger partial charge in [0.15, 0.2) is 5.16 Å². The second-order valence-corrected chi connectivity index (χ2v) is 4.83. The van der Waals surface area contributed by atoms with E-state index in [9.17, 15) is 0 Å². The first-order valence-electron chi connectivity index (χ1n) is 6.15. The molecular weight excluding hydrogens is 296 g/mol. The van der Waals surface area contributed by atoms with Crippen LogP contribution in [-0.4, -0.2) is 20.1 Å². The summed E-state index contributed by atoms with van der Waals surface area (Å²) in [5, 5.41) is 9.86. The van der Waals surface area contributed by atoms with Crippen LogP contribution in [0.3, 0.4) is 0 Å². The molecule has 108 valence electrons. The number of hydrogen-bond acceptors (Lipinski definition) is 6. The van der Waals surface area contributed by atoms with Crippen LogP contribution in [0.1, 0.15) is 25.1 Å². The molecule has 5 nitrogen and oxygen atoms in total. The van der Waals surface area contributed by atoms with Gasteiger partial charge in [0.05, 0.1) is 12.3 Å². The van der Waals surface area contributed by atoms with E-state index in [2.05, 4.69) is 15.0 Å². The van der Waals surface area contributed by atoms with Crippen molar-refractivity contribution in [3.63, 3.8) is 0 Å². The number of nitrogen functional groups attached to an aromatic ring is 1. The van der Waals surface area contributed by atoms with Crippen molar-refractivity contribution in [3.05, 3.63) is 40.8 Å². The molecule has 0 atom stereocenters. The largest absolute Gasteiger partial charge is 0.392 e. The SMILES string of the molecule is CC.Nc1cc(Cl)nc(SCc2cc(CO)ccn2)n1. The van der Waals surface area contributed by atoms with E-state index in [1.165, 1.54) is 17.8 Å². The third kappa shape index (κ3) is 5.32. The third-order valence-electron chi connectivity index (χ3n) is 2.11. The van der Waals surface area contributed by atoms with Gasteiger partial charge in [-0.3, -0.25) is 4.98 Å². The third-order valence-corrected chi connectivity index (χ3v) is 3.18. The topological polar surface area (TPSA) is 84.9 Å². The lowest BCUT2D eigenvalue weighted by molar-refractivity contribution is 0.281. The molecule has 0 aliphatic rings. The van der Waals surface area contributed by atoms with Crippen LogP contribution in [0.4, 0.5) is 5.82 Å². The van der Waals surface area contributed by atoms with Gasteiger partial charge in [0.2, 0.25) is 0 Å². The van der Waals surface area contributed by atoms with Crippen molar-refractivity contribution in [2.75, 3.05) is 5.73 Å². The Hall–Kier alpha value is -1.37. The van der Waals surface area contributed by atoms with Crippen molar-refractivity contribution >= 4 is 29.2 Å². The average molecular weight is 313 g/mol. The molecule has 0 aromatic carbocycles. The quantitative estimate of drug-likeness (QED) is 0.513. The zero-order valence-electron chi connectivity index (χ0n) is 11.4. The van der Waals surface area contributed by atoms with Gasteiger partial charge >= 0.3 is 0 Å². The van der Waals surface area contributed by atoms with Gasteiger partial charge in [0, 0.05) is 18.0 Å². The van der Waals surface area contributed by atoms with E-state index in [0.717, 1.165) is 11.3 Å². The predicted molar refractivity (Wildman–Crippen MR) is 82.5 cm³/mol. The molecule has 0 spiro atoms. The monoisotopic (exact) mass is 312 g/mol. The van der Waals surface area contributed by atoms with Crippen molar-refractivity contribution < 1.29 is 5.11 Å². The molecule has 0 unspecified atom stereocenters. The lowest BCUT2D eigenvalue weighted by Crippen LogP contribution is -1.96. The summed E-state index contributed by atoms with van der Waals surface area (Å²) >= 11 is 7.18. The fourth-order valence-electron chi connectivity index (χ4n) is 1.32. The molecule has 3 N–H and O–H groups in total. The molecule has 2 heterocycles. The van der Waals surface area contributed by atoms with Crippen LogP contribution in [-0.2, 0) is 12.4 Å². The molecule has 2 aromatic heterocycles. The van der Waals surface area contributed by atoms with E-state index >= 15 is 0 Å². The molecule has 7 heteroatoms. The van der Waals surface area contributed by atoms with Crippen molar-refractivity contribution in [1.29, 1.82) is 0 Å². The maximum atomic E-state index is 9.03. The van der Waals surface area contributed by atoms with Gasteiger partial charge in [-0.2, -0.15) is 0 Å². The van der Waals surface area contributed by atoms with Crippen LogP contribution in [0.5, 0.6) is 0 Å². The van der Waals surface area contributed by atoms with Crippen LogP contribution in [0, 0.1) is 0 Å². The van der Waals surface area contributed by atoms with Gasteiger partial charge < -0.3 is 10.8 Å². The summed E-state index contributed by atoms with van der Waals surface area (Å²) in [6, 6.07) is 5.10. The Morgan fingerprint density at radius 2 is 2.05 bits per heavy atom. The zero-order valence-corrected chi connectivity index (χ0v) is 12.9. The Morgan fingerprint density at radius 3 is 2.70 bits per heavy atom. The van der Waals surface area contributed by atoms with E-state index in [-0.39, 0.29) is 6.61 Å². The fraction of sp³-hybridized carbons (Fsp3) is 0.308. The number of hydrogen-bond donors (Lipinski definition) is 2. The van der Waals surface area contributed by atoms with Gasteiger partial charge in [-0.25, -0.2) is 9.97 Å². The second kappa shape index (κ2) is 8.73. The lowest BCUT2D eigenvalue weighted by atomic mass is 10.2. The van der Waals surface area contributed by atoms with Crippen LogP contribution in [0.25, 0.3) is 0 Å². The summed E-state index contributed by atoms with van der Waals surface area (Å²) in [6.45, 7) is 4.00. The molecule has 0 bridgehead atoms. The van der Waals surface area contributed by atoms with E-state index in [1.54, 1.807) is 12.3 Å². The molecule has 2 rings (SSSR count). The minimum absolute atomic E-state index is 0.000794. The summed E-state index contributed by atoms with van der Waals surface area (Å²) in [7, 11) is 0. The first kappa shape index (κ1) is 16.7. The number of nitrogens with zero attached hydrogens (tertiary/aromatic N) is 3. The first-order valence-corrected chi connectivity index (χ1v) is 7.51. The van der Waals surface area contributed by atoms with E-state index in [4.69, 9.17) is 22.4 Å². The van der Waals surface area contributed by atoms with Crippen molar-refractivity contribution in [1.82, 2.24) is 15.0 Å². The van der Waals surface area contributed by atoms with Crippen molar-refractivity contribution in [2.45, 2.75) is 31.4 Å². The predicted octanol–water partition coefficient (Wildman–Crippen LogP) is 2.92. The van der Waals surface area contributed by atoms with Crippen molar-refractivity contribution in [3.8, 4) is 0 Å². The van der Waals surface area contributed by atoms with E-state index in [1.807, 2.05) is 19.9 Å². The fourth-order valence-corrected chi connectivity index (χ4v) is 2.33. The van der Waals surface area contributed by atoms with Gasteiger partial charge in [-0.15, -0.1) is 0 Å². The Morgan fingerprint density at radius 1 is 1.30 bits per heavy atom. The van der Waals surface area contributed by atoms with Gasteiger partial charge in [0.1, 0.15) is 11.0 Å². The molecule has 0 aliphatic heterocycles. The number of aromatic nitrogens is 3. The molecule has 0 aliphatic carbocycles. The van der Waals surface area contributed by atoms with E-state index < -0.39 is 0 Å². The highest BCUT2D eigenvalue weighted by atomic mass is 35.5. The number of aliphatic hydroxyl groups is 1. The first-order chi connectivity index (χ1) is 9.67. The van der Waals surface area contributed by atoms with Crippen LogP contribution in [0.2, 0.25) is 5.15 Å². The molecule has 0 fully saturated rings. The number of aliphatic hydroxyl groups excluding tert-OH is 1. The number of halogens is 1. The smallest absolute Gasteiger partial charge is 0.191 e. The summed E-state index contributed by atoms with van der Waals surface area (Å²) in [6.07, 6.45) is 1.66. The molecule has 20 heavy (non-hydrogen) atoms. The number of nitrogens with two attached hydrogens (primary N) is 1. The number of rotatable bonds is 4. The van der Waals surface area contributed by atoms with Gasteiger partial charge in [0.25, 0.3) is 0 Å². The summed E-state index contributed by atoms with van der Waals surface area (Å²) < 4.78 is 0. The Balaban J connectivity index is 0.000000956. The van der Waals surface area contributed by atoms with Gasteiger partial charge in [-0.1, -0.05) is 37.2 Å². The molecule has 0 saturated heterocycles. The van der Waals surface area contributed by atoms with Crippen LogP contribution >= 0.6 is 23.4 Å². The molecule has 0 radical (unpaired) electrons. The summed E-state index contributed by atoms with van der Waals surface area (Å²) in [5.41, 5.74) is 7.24. The Bertz CT molecular complexity index is 533. The highest BCUT2D eigenvalue weighted by molar-refractivity contribution is 7.98. The number of thioether (sulfide) groups is 1. The maximum absolute atomic E-state index is 9.03. The normalized spacial score (nSPS) is 9.80. The standard InChI is InChI=1S/C11H11ClN4OS.C2H6/c12-9-4-10(13)16-11(15-9)18-6-8-3-7(5-17)1-2-14-8;1-2/h1-4,17H,5-6H2,(H2,13,15,16);1-2H3. The number of anilines is 1. The minimum Gasteiger partial charge on any atom is -0.392 e.